The summed E-state index contributed by atoms with van der Waals surface area (Å²) >= 11 is 0. The third kappa shape index (κ3) is 4.82. The van der Waals surface area contributed by atoms with Crippen LogP contribution < -0.4 is 5.32 Å². The van der Waals surface area contributed by atoms with Gasteiger partial charge in [-0.15, -0.1) is 0 Å². The normalized spacial score (nSPS) is 11.7. The van der Waals surface area contributed by atoms with Gasteiger partial charge < -0.3 is 10.2 Å². The first-order valence-corrected chi connectivity index (χ1v) is 6.04. The molecule has 0 aliphatic rings. The van der Waals surface area contributed by atoms with E-state index in [1.54, 1.807) is 0 Å². The maximum Gasteiger partial charge on any atom is 0.295 e. The molecule has 0 spiro atoms. The summed E-state index contributed by atoms with van der Waals surface area (Å²) in [7, 11) is 3.95. The first kappa shape index (κ1) is 15.4. The van der Waals surface area contributed by atoms with Gasteiger partial charge in [-0.05, 0) is 31.6 Å². The molecular weight excluding hydrogens is 249 g/mol. The van der Waals surface area contributed by atoms with E-state index in [0.717, 1.165) is 12.6 Å². The summed E-state index contributed by atoms with van der Waals surface area (Å²) < 4.78 is 13.0. The van der Waals surface area contributed by atoms with E-state index >= 15 is 0 Å². The molecule has 0 aliphatic carbocycles. The molecule has 0 aromatic heterocycles. The number of nitro benzene ring substituents is 1. The second-order valence-corrected chi connectivity index (χ2v) is 5.67. The average Bonchev–Trinajstić information content (AvgIpc) is 2.25. The van der Waals surface area contributed by atoms with E-state index in [-0.39, 0.29) is 11.1 Å². The van der Waals surface area contributed by atoms with Gasteiger partial charge in [0.25, 0.3) is 5.69 Å². The predicted octanol–water partition coefficient (Wildman–Crippen LogP) is 2.73. The molecule has 0 radical (unpaired) electrons. The van der Waals surface area contributed by atoms with Gasteiger partial charge in [-0.2, -0.15) is 0 Å². The highest BCUT2D eigenvalue weighted by atomic mass is 19.1. The van der Waals surface area contributed by atoms with E-state index in [1.807, 2.05) is 14.1 Å². The first-order chi connectivity index (χ1) is 8.71. The lowest BCUT2D eigenvalue weighted by Crippen LogP contribution is -2.34. The van der Waals surface area contributed by atoms with Gasteiger partial charge in [0.1, 0.15) is 11.5 Å². The molecule has 0 fully saturated rings. The van der Waals surface area contributed by atoms with Crippen molar-refractivity contribution in [3.05, 3.63) is 34.1 Å². The minimum atomic E-state index is -0.607. The zero-order valence-electron chi connectivity index (χ0n) is 11.7. The van der Waals surface area contributed by atoms with E-state index in [1.165, 1.54) is 12.1 Å². The molecule has 5 nitrogen and oxygen atoms in total. The molecule has 0 saturated heterocycles. The van der Waals surface area contributed by atoms with Crippen LogP contribution in [0, 0.1) is 21.3 Å². The molecule has 1 rings (SSSR count). The third-order valence-electron chi connectivity index (χ3n) is 2.66. The summed E-state index contributed by atoms with van der Waals surface area (Å²) in [6.45, 7) is 5.54. The summed E-state index contributed by atoms with van der Waals surface area (Å²) in [6, 6.07) is 3.55. The summed E-state index contributed by atoms with van der Waals surface area (Å²) in [5.41, 5.74) is 0.0602. The Balaban J connectivity index is 2.80. The molecule has 19 heavy (non-hydrogen) atoms. The van der Waals surface area contributed by atoms with Crippen LogP contribution in [0.15, 0.2) is 18.2 Å². The van der Waals surface area contributed by atoms with Crippen molar-refractivity contribution in [1.29, 1.82) is 0 Å². The molecule has 1 N–H and O–H groups in total. The lowest BCUT2D eigenvalue weighted by Gasteiger charge is -2.28. The van der Waals surface area contributed by atoms with Crippen molar-refractivity contribution in [2.75, 3.05) is 32.5 Å². The van der Waals surface area contributed by atoms with Gasteiger partial charge in [0.05, 0.1) is 11.0 Å². The molecule has 0 unspecified atom stereocenters. The number of hydrogen-bond acceptors (Lipinski definition) is 4. The molecule has 0 saturated carbocycles. The molecule has 0 aliphatic heterocycles. The van der Waals surface area contributed by atoms with Crippen molar-refractivity contribution in [2.24, 2.45) is 5.41 Å². The molecule has 0 heterocycles. The van der Waals surface area contributed by atoms with Gasteiger partial charge in [0, 0.05) is 13.1 Å². The Labute approximate surface area is 112 Å². The molecule has 1 aromatic carbocycles. The monoisotopic (exact) mass is 269 g/mol. The van der Waals surface area contributed by atoms with Gasteiger partial charge in [-0.3, -0.25) is 10.1 Å². The standard InChI is InChI=1S/C13H20FN3O2/c1-13(2,9-16(3)4)8-15-11-6-5-10(14)7-12(11)17(18)19/h5-7,15H,8-9H2,1-4H3. The second kappa shape index (κ2) is 5.97. The van der Waals surface area contributed by atoms with Crippen LogP contribution in [0.5, 0.6) is 0 Å². The van der Waals surface area contributed by atoms with Crippen molar-refractivity contribution in [3.63, 3.8) is 0 Å². The maximum absolute atomic E-state index is 13.0. The quantitative estimate of drug-likeness (QED) is 0.637. The van der Waals surface area contributed by atoms with Crippen LogP contribution in [0.4, 0.5) is 15.8 Å². The number of hydrogen-bond donors (Lipinski definition) is 1. The predicted molar refractivity (Wildman–Crippen MR) is 73.9 cm³/mol. The van der Waals surface area contributed by atoms with Crippen LogP contribution in [0.3, 0.4) is 0 Å². The largest absolute Gasteiger partial charge is 0.379 e. The molecule has 0 amide bonds. The fraction of sp³-hybridized carbons (Fsp3) is 0.538. The molecule has 106 valence electrons. The lowest BCUT2D eigenvalue weighted by atomic mass is 9.93. The van der Waals surface area contributed by atoms with Crippen LogP contribution in [-0.2, 0) is 0 Å². The second-order valence-electron chi connectivity index (χ2n) is 5.67. The minimum absolute atomic E-state index is 0.0498. The Morgan fingerprint density at radius 1 is 1.42 bits per heavy atom. The fourth-order valence-corrected chi connectivity index (χ4v) is 2.05. The number of nitro groups is 1. The van der Waals surface area contributed by atoms with Crippen LogP contribution >= 0.6 is 0 Å². The highest BCUT2D eigenvalue weighted by Crippen LogP contribution is 2.26. The van der Waals surface area contributed by atoms with E-state index < -0.39 is 10.7 Å². The summed E-state index contributed by atoms with van der Waals surface area (Å²) in [5.74, 6) is -0.607. The number of nitrogens with zero attached hydrogens (tertiary/aromatic N) is 2. The van der Waals surface area contributed by atoms with Gasteiger partial charge in [0.2, 0.25) is 0 Å². The van der Waals surface area contributed by atoms with Crippen LogP contribution in [0.2, 0.25) is 0 Å². The lowest BCUT2D eigenvalue weighted by molar-refractivity contribution is -0.384. The Hall–Kier alpha value is -1.69. The van der Waals surface area contributed by atoms with Crippen LogP contribution in [0.1, 0.15) is 13.8 Å². The molecular formula is C13H20FN3O2. The smallest absolute Gasteiger partial charge is 0.295 e. The van der Waals surface area contributed by atoms with Crippen molar-refractivity contribution in [1.82, 2.24) is 4.90 Å². The Morgan fingerprint density at radius 2 is 2.05 bits per heavy atom. The van der Waals surface area contributed by atoms with Gasteiger partial charge in [0.15, 0.2) is 0 Å². The number of benzene rings is 1. The van der Waals surface area contributed by atoms with E-state index in [4.69, 9.17) is 0 Å². The topological polar surface area (TPSA) is 58.4 Å². The zero-order valence-corrected chi connectivity index (χ0v) is 11.7. The number of anilines is 1. The van der Waals surface area contributed by atoms with Gasteiger partial charge in [-0.1, -0.05) is 13.8 Å². The Kier molecular flexibility index (Phi) is 4.83. The summed E-state index contributed by atoms with van der Waals surface area (Å²) in [5, 5.41) is 13.9. The average molecular weight is 269 g/mol. The highest BCUT2D eigenvalue weighted by molar-refractivity contribution is 5.61. The summed E-state index contributed by atoms with van der Waals surface area (Å²) in [4.78, 5) is 12.3. The fourth-order valence-electron chi connectivity index (χ4n) is 2.05. The molecule has 1 aromatic rings. The van der Waals surface area contributed by atoms with Crippen molar-refractivity contribution in [3.8, 4) is 0 Å². The van der Waals surface area contributed by atoms with E-state index in [0.29, 0.717) is 12.2 Å². The van der Waals surface area contributed by atoms with Gasteiger partial charge in [-0.25, -0.2) is 4.39 Å². The zero-order chi connectivity index (χ0) is 14.6. The molecule has 6 heteroatoms. The van der Waals surface area contributed by atoms with E-state index in [2.05, 4.69) is 24.1 Å². The summed E-state index contributed by atoms with van der Waals surface area (Å²) in [6.07, 6.45) is 0. The number of rotatable bonds is 6. The maximum atomic E-state index is 13.0. The van der Waals surface area contributed by atoms with Crippen LogP contribution in [0.25, 0.3) is 0 Å². The Morgan fingerprint density at radius 3 is 2.58 bits per heavy atom. The highest BCUT2D eigenvalue weighted by Gasteiger charge is 2.21. The minimum Gasteiger partial charge on any atom is -0.379 e. The molecule has 0 atom stereocenters. The van der Waals surface area contributed by atoms with Crippen molar-refractivity contribution in [2.45, 2.75) is 13.8 Å². The van der Waals surface area contributed by atoms with Gasteiger partial charge >= 0.3 is 0 Å². The Bertz CT molecular complexity index is 461. The third-order valence-corrected chi connectivity index (χ3v) is 2.66. The van der Waals surface area contributed by atoms with Crippen molar-refractivity contribution >= 4 is 11.4 Å². The number of halogens is 1. The SMILES string of the molecule is CN(C)CC(C)(C)CNc1ccc(F)cc1[N+](=O)[O-]. The first-order valence-electron chi connectivity index (χ1n) is 6.04. The van der Waals surface area contributed by atoms with Crippen molar-refractivity contribution < 1.29 is 9.31 Å². The molecule has 0 bridgehead atoms. The van der Waals surface area contributed by atoms with Crippen LogP contribution in [-0.4, -0.2) is 37.0 Å². The van der Waals surface area contributed by atoms with E-state index in [9.17, 15) is 14.5 Å². The number of nitrogens with one attached hydrogen (secondary N) is 1.